The minimum Gasteiger partial charge on any atom is -0.385 e. The van der Waals surface area contributed by atoms with E-state index in [1.165, 1.54) is 0 Å². The van der Waals surface area contributed by atoms with Crippen LogP contribution in [0.15, 0.2) is 0 Å². The molecule has 0 aromatic heterocycles. The number of rotatable bonds is 5. The van der Waals surface area contributed by atoms with Gasteiger partial charge >= 0.3 is 0 Å². The SMILES string of the molecule is COCC[C@H](CC(C)(C)C)C(=O)C(C)(C)C. The Balaban J connectivity index is 4.61. The summed E-state index contributed by atoms with van der Waals surface area (Å²) in [5, 5.41) is 0. The van der Waals surface area contributed by atoms with Crippen LogP contribution in [0.3, 0.4) is 0 Å². The summed E-state index contributed by atoms with van der Waals surface area (Å²) in [5.74, 6) is 0.486. The first kappa shape index (κ1) is 15.6. The first-order chi connectivity index (χ1) is 7.08. The number of carbonyl (C=O) groups excluding carboxylic acids is 1. The maximum Gasteiger partial charge on any atom is 0.141 e. The first-order valence-electron chi connectivity index (χ1n) is 6.11. The van der Waals surface area contributed by atoms with Gasteiger partial charge in [-0.05, 0) is 18.3 Å². The third-order valence-electron chi connectivity index (χ3n) is 2.64. The van der Waals surface area contributed by atoms with E-state index in [-0.39, 0.29) is 16.7 Å². The molecule has 0 amide bonds. The molecule has 0 aliphatic rings. The van der Waals surface area contributed by atoms with Crippen LogP contribution >= 0.6 is 0 Å². The summed E-state index contributed by atoms with van der Waals surface area (Å²) < 4.78 is 5.10. The number of hydrogen-bond donors (Lipinski definition) is 0. The Bertz CT molecular complexity index is 218. The summed E-state index contributed by atoms with van der Waals surface area (Å²) in [6, 6.07) is 0. The number of Topliss-reactive ketones (excluding diaryl/α,β-unsaturated/α-hetero) is 1. The second-order valence-electron chi connectivity index (χ2n) is 6.86. The van der Waals surface area contributed by atoms with Crippen LogP contribution in [0.4, 0.5) is 0 Å². The van der Waals surface area contributed by atoms with Crippen molar-refractivity contribution in [3.8, 4) is 0 Å². The molecule has 0 saturated heterocycles. The van der Waals surface area contributed by atoms with E-state index in [2.05, 4.69) is 20.8 Å². The van der Waals surface area contributed by atoms with Crippen molar-refractivity contribution in [1.29, 1.82) is 0 Å². The second kappa shape index (κ2) is 5.81. The van der Waals surface area contributed by atoms with Crippen molar-refractivity contribution >= 4 is 5.78 Å². The van der Waals surface area contributed by atoms with Crippen LogP contribution in [0.2, 0.25) is 0 Å². The van der Waals surface area contributed by atoms with Crippen LogP contribution in [0.5, 0.6) is 0 Å². The van der Waals surface area contributed by atoms with Gasteiger partial charge in [0.2, 0.25) is 0 Å². The minimum atomic E-state index is -0.246. The highest BCUT2D eigenvalue weighted by Crippen LogP contribution is 2.32. The van der Waals surface area contributed by atoms with Crippen LogP contribution in [0, 0.1) is 16.7 Å². The fourth-order valence-electron chi connectivity index (χ4n) is 1.94. The summed E-state index contributed by atoms with van der Waals surface area (Å²) in [7, 11) is 1.69. The number of ether oxygens (including phenoxy) is 1. The van der Waals surface area contributed by atoms with E-state index >= 15 is 0 Å². The molecule has 16 heavy (non-hydrogen) atoms. The van der Waals surface area contributed by atoms with E-state index in [1.54, 1.807) is 7.11 Å². The standard InChI is InChI=1S/C14H28O2/c1-13(2,3)10-11(8-9-16-7)12(15)14(4,5)6/h11H,8-10H2,1-7H3/t11-/m1/s1. The van der Waals surface area contributed by atoms with Crippen molar-refractivity contribution in [2.75, 3.05) is 13.7 Å². The lowest BCUT2D eigenvalue weighted by Gasteiger charge is -2.29. The molecule has 0 unspecified atom stereocenters. The van der Waals surface area contributed by atoms with Gasteiger partial charge in [0.15, 0.2) is 0 Å². The van der Waals surface area contributed by atoms with Crippen molar-refractivity contribution in [3.05, 3.63) is 0 Å². The number of carbonyl (C=O) groups is 1. The Morgan fingerprint density at radius 2 is 1.62 bits per heavy atom. The quantitative estimate of drug-likeness (QED) is 0.717. The van der Waals surface area contributed by atoms with Crippen molar-refractivity contribution in [3.63, 3.8) is 0 Å². The Morgan fingerprint density at radius 3 is 1.94 bits per heavy atom. The summed E-state index contributed by atoms with van der Waals surface area (Å²) in [6.45, 7) is 13.2. The van der Waals surface area contributed by atoms with Gasteiger partial charge in [0, 0.05) is 25.0 Å². The van der Waals surface area contributed by atoms with Gasteiger partial charge in [0.05, 0.1) is 0 Å². The maximum atomic E-state index is 12.3. The van der Waals surface area contributed by atoms with Gasteiger partial charge in [-0.15, -0.1) is 0 Å². The molecule has 0 N–H and O–H groups in total. The fraction of sp³-hybridized carbons (Fsp3) is 0.929. The third-order valence-corrected chi connectivity index (χ3v) is 2.64. The monoisotopic (exact) mass is 228 g/mol. The van der Waals surface area contributed by atoms with Gasteiger partial charge in [-0.25, -0.2) is 0 Å². The van der Waals surface area contributed by atoms with Gasteiger partial charge in [-0.1, -0.05) is 41.5 Å². The summed E-state index contributed by atoms with van der Waals surface area (Å²) in [6.07, 6.45) is 1.77. The summed E-state index contributed by atoms with van der Waals surface area (Å²) in [5.41, 5.74) is -0.0526. The van der Waals surface area contributed by atoms with Gasteiger partial charge in [0.25, 0.3) is 0 Å². The molecule has 0 rings (SSSR count). The predicted molar refractivity (Wildman–Crippen MR) is 68.5 cm³/mol. The molecule has 0 aliphatic heterocycles. The zero-order valence-corrected chi connectivity index (χ0v) is 12.0. The van der Waals surface area contributed by atoms with Crippen molar-refractivity contribution in [2.45, 2.75) is 54.4 Å². The van der Waals surface area contributed by atoms with E-state index in [9.17, 15) is 4.79 Å². The van der Waals surface area contributed by atoms with Crippen LogP contribution in [-0.4, -0.2) is 19.5 Å². The lowest BCUT2D eigenvalue weighted by Crippen LogP contribution is -2.31. The Kier molecular flexibility index (Phi) is 5.67. The predicted octanol–water partition coefficient (Wildman–Crippen LogP) is 3.69. The van der Waals surface area contributed by atoms with Crippen LogP contribution in [0.1, 0.15) is 54.4 Å². The average Bonchev–Trinajstić information content (AvgIpc) is 2.07. The topological polar surface area (TPSA) is 26.3 Å². The fourth-order valence-corrected chi connectivity index (χ4v) is 1.94. The Hall–Kier alpha value is -0.370. The highest BCUT2D eigenvalue weighted by molar-refractivity contribution is 5.85. The van der Waals surface area contributed by atoms with Gasteiger partial charge < -0.3 is 4.74 Å². The molecule has 96 valence electrons. The minimum absolute atomic E-state index is 0.125. The second-order valence-corrected chi connectivity index (χ2v) is 6.86. The lowest BCUT2D eigenvalue weighted by atomic mass is 9.74. The molecule has 0 bridgehead atoms. The molecular formula is C14H28O2. The summed E-state index contributed by atoms with van der Waals surface area (Å²) in [4.78, 5) is 12.3. The number of hydrogen-bond acceptors (Lipinski definition) is 2. The molecular weight excluding hydrogens is 200 g/mol. The normalized spacial score (nSPS) is 14.9. The first-order valence-corrected chi connectivity index (χ1v) is 6.11. The van der Waals surface area contributed by atoms with E-state index in [0.717, 1.165) is 12.8 Å². The van der Waals surface area contributed by atoms with Gasteiger partial charge in [0.1, 0.15) is 5.78 Å². The molecule has 0 aromatic carbocycles. The molecule has 0 fully saturated rings. The lowest BCUT2D eigenvalue weighted by molar-refractivity contribution is -0.132. The molecule has 0 radical (unpaired) electrons. The van der Waals surface area contributed by atoms with Gasteiger partial charge in [-0.3, -0.25) is 4.79 Å². The Morgan fingerprint density at radius 1 is 1.12 bits per heavy atom. The van der Waals surface area contributed by atoms with Crippen molar-refractivity contribution in [1.82, 2.24) is 0 Å². The van der Waals surface area contributed by atoms with Crippen LogP contribution < -0.4 is 0 Å². The number of methoxy groups -OCH3 is 1. The Labute approximate surface area is 101 Å². The molecule has 2 heteroatoms. The smallest absolute Gasteiger partial charge is 0.141 e. The number of ketones is 1. The molecule has 0 aliphatic carbocycles. The van der Waals surface area contributed by atoms with E-state index in [1.807, 2.05) is 20.8 Å². The van der Waals surface area contributed by atoms with Crippen molar-refractivity contribution < 1.29 is 9.53 Å². The average molecular weight is 228 g/mol. The highest BCUT2D eigenvalue weighted by Gasteiger charge is 2.31. The van der Waals surface area contributed by atoms with Gasteiger partial charge in [-0.2, -0.15) is 0 Å². The molecule has 0 saturated carbocycles. The molecule has 1 atom stereocenters. The largest absolute Gasteiger partial charge is 0.385 e. The van der Waals surface area contributed by atoms with E-state index < -0.39 is 0 Å². The third kappa shape index (κ3) is 6.26. The zero-order chi connectivity index (χ0) is 13.0. The molecule has 0 spiro atoms. The molecule has 0 aromatic rings. The maximum absolute atomic E-state index is 12.3. The molecule has 0 heterocycles. The van der Waals surface area contributed by atoms with Crippen LogP contribution in [0.25, 0.3) is 0 Å². The zero-order valence-electron chi connectivity index (χ0n) is 12.0. The highest BCUT2D eigenvalue weighted by atomic mass is 16.5. The van der Waals surface area contributed by atoms with Crippen molar-refractivity contribution in [2.24, 2.45) is 16.7 Å². The summed E-state index contributed by atoms with van der Waals surface area (Å²) >= 11 is 0. The molecule has 2 nitrogen and oxygen atoms in total. The van der Waals surface area contributed by atoms with E-state index in [4.69, 9.17) is 4.74 Å². The van der Waals surface area contributed by atoms with Crippen LogP contribution in [-0.2, 0) is 9.53 Å². The van der Waals surface area contributed by atoms with E-state index in [0.29, 0.717) is 12.4 Å².